The molecule has 0 saturated carbocycles. The molecule has 1 fully saturated rings. The molecule has 64 valence electrons. The van der Waals surface area contributed by atoms with Crippen LogP contribution >= 0.6 is 0 Å². The van der Waals surface area contributed by atoms with Gasteiger partial charge in [-0.05, 0) is 25.7 Å². The highest BCUT2D eigenvalue weighted by Crippen LogP contribution is 2.10. The van der Waals surface area contributed by atoms with Gasteiger partial charge in [-0.2, -0.15) is 0 Å². The van der Waals surface area contributed by atoms with Gasteiger partial charge >= 0.3 is 5.97 Å². The molecule has 11 heavy (non-hydrogen) atoms. The average Bonchev–Trinajstić information content (AvgIpc) is 2.04. The van der Waals surface area contributed by atoms with Crippen LogP contribution in [0.1, 0.15) is 32.1 Å². The van der Waals surface area contributed by atoms with E-state index < -0.39 is 0 Å². The second-order valence-electron chi connectivity index (χ2n) is 2.91. The number of hydrogen-bond acceptors (Lipinski definition) is 3. The summed E-state index contributed by atoms with van der Waals surface area (Å²) in [6.07, 6.45) is 3.25. The number of carbonyl (C=O) groups is 1. The van der Waals surface area contributed by atoms with Crippen molar-refractivity contribution in [2.45, 2.75) is 38.2 Å². The fraction of sp³-hybridized carbons (Fsp3) is 0.875. The molecular weight excluding hydrogens is 144 g/mol. The van der Waals surface area contributed by atoms with Gasteiger partial charge in [-0.1, -0.05) is 0 Å². The zero-order valence-corrected chi connectivity index (χ0v) is 6.58. The topological polar surface area (TPSA) is 46.5 Å². The van der Waals surface area contributed by atoms with Gasteiger partial charge < -0.3 is 9.84 Å². The van der Waals surface area contributed by atoms with Crippen molar-refractivity contribution in [3.63, 3.8) is 0 Å². The van der Waals surface area contributed by atoms with Gasteiger partial charge in [0.15, 0.2) is 0 Å². The van der Waals surface area contributed by atoms with E-state index in [1.807, 2.05) is 0 Å². The summed E-state index contributed by atoms with van der Waals surface area (Å²) < 4.78 is 4.86. The molecule has 1 heterocycles. The van der Waals surface area contributed by atoms with E-state index in [9.17, 15) is 9.90 Å². The Morgan fingerprint density at radius 3 is 2.91 bits per heavy atom. The summed E-state index contributed by atoms with van der Waals surface area (Å²) in [5.41, 5.74) is 0. The predicted octanol–water partition coefficient (Wildman–Crippen LogP) is 0.855. The molecule has 1 rings (SSSR count). The molecule has 3 heteroatoms. The summed E-state index contributed by atoms with van der Waals surface area (Å²) in [7, 11) is 0. The van der Waals surface area contributed by atoms with Crippen LogP contribution in [-0.2, 0) is 9.53 Å². The minimum Gasteiger partial charge on any atom is -0.466 e. The number of cyclic esters (lactones) is 1. The summed E-state index contributed by atoms with van der Waals surface area (Å²) in [6.45, 7) is 0.468. The zero-order chi connectivity index (χ0) is 8.10. The molecule has 1 unspecified atom stereocenters. The average molecular weight is 158 g/mol. The fourth-order valence-electron chi connectivity index (χ4n) is 1.20. The molecule has 0 spiro atoms. The maximum Gasteiger partial charge on any atom is 0.305 e. The molecule has 1 atom stereocenters. The van der Waals surface area contributed by atoms with E-state index in [-0.39, 0.29) is 12.1 Å². The van der Waals surface area contributed by atoms with Gasteiger partial charge in [0.25, 0.3) is 0 Å². The highest BCUT2D eigenvalue weighted by Gasteiger charge is 2.10. The van der Waals surface area contributed by atoms with Crippen molar-refractivity contribution in [3.05, 3.63) is 0 Å². The van der Waals surface area contributed by atoms with E-state index in [4.69, 9.17) is 4.74 Å². The van der Waals surface area contributed by atoms with Gasteiger partial charge in [0, 0.05) is 6.42 Å². The van der Waals surface area contributed by atoms with Crippen molar-refractivity contribution in [2.24, 2.45) is 0 Å². The number of rotatable bonds is 0. The van der Waals surface area contributed by atoms with Crippen LogP contribution in [0.3, 0.4) is 0 Å². The second-order valence-corrected chi connectivity index (χ2v) is 2.91. The van der Waals surface area contributed by atoms with Crippen LogP contribution in [0.15, 0.2) is 0 Å². The van der Waals surface area contributed by atoms with E-state index in [0.717, 1.165) is 25.7 Å². The van der Waals surface area contributed by atoms with Crippen LogP contribution < -0.4 is 0 Å². The van der Waals surface area contributed by atoms with Crippen LogP contribution in [0.2, 0.25) is 0 Å². The Bertz CT molecular complexity index is 133. The van der Waals surface area contributed by atoms with E-state index in [1.54, 1.807) is 0 Å². The predicted molar refractivity (Wildman–Crippen MR) is 40.1 cm³/mol. The highest BCUT2D eigenvalue weighted by atomic mass is 16.5. The van der Waals surface area contributed by atoms with Gasteiger partial charge in [-0.25, -0.2) is 0 Å². The monoisotopic (exact) mass is 158 g/mol. The smallest absolute Gasteiger partial charge is 0.305 e. The lowest BCUT2D eigenvalue weighted by Crippen LogP contribution is -2.05. The number of aliphatic hydroxyl groups is 1. The van der Waals surface area contributed by atoms with Crippen molar-refractivity contribution >= 4 is 5.97 Å². The normalized spacial score (nSPS) is 28.1. The van der Waals surface area contributed by atoms with E-state index in [0.29, 0.717) is 13.0 Å². The van der Waals surface area contributed by atoms with Crippen LogP contribution in [0.25, 0.3) is 0 Å². The molecule has 0 bridgehead atoms. The van der Waals surface area contributed by atoms with Crippen molar-refractivity contribution in [1.29, 1.82) is 0 Å². The molecule has 0 aromatic heterocycles. The van der Waals surface area contributed by atoms with Crippen molar-refractivity contribution in [1.82, 2.24) is 0 Å². The molecule has 0 amide bonds. The molecule has 0 radical (unpaired) electrons. The number of aliphatic hydroxyl groups excluding tert-OH is 1. The molecule has 0 aliphatic carbocycles. The van der Waals surface area contributed by atoms with E-state index >= 15 is 0 Å². The number of hydrogen-bond donors (Lipinski definition) is 1. The molecule has 1 aliphatic heterocycles. The lowest BCUT2D eigenvalue weighted by molar-refractivity contribution is -0.143. The Morgan fingerprint density at radius 1 is 1.36 bits per heavy atom. The summed E-state index contributed by atoms with van der Waals surface area (Å²) in [4.78, 5) is 10.8. The number of carbonyl (C=O) groups excluding carboxylic acids is 1. The fourth-order valence-corrected chi connectivity index (χ4v) is 1.20. The minimum atomic E-state index is -0.232. The molecule has 0 aromatic carbocycles. The third kappa shape index (κ3) is 3.37. The summed E-state index contributed by atoms with van der Waals surface area (Å²) in [6, 6.07) is 0. The van der Waals surface area contributed by atoms with Crippen LogP contribution in [0.4, 0.5) is 0 Å². The van der Waals surface area contributed by atoms with Crippen LogP contribution in [0.5, 0.6) is 0 Å². The quantitative estimate of drug-likeness (QED) is 0.532. The molecule has 1 aliphatic rings. The standard InChI is InChI=1S/C8H14O3/c9-7-3-1-5-8(10)11-6-2-4-7/h7,9H,1-6H2. The van der Waals surface area contributed by atoms with Crippen LogP contribution in [-0.4, -0.2) is 23.8 Å². The van der Waals surface area contributed by atoms with Crippen molar-refractivity contribution in [3.8, 4) is 0 Å². The van der Waals surface area contributed by atoms with Gasteiger partial charge in [0.2, 0.25) is 0 Å². The Labute approximate surface area is 66.4 Å². The SMILES string of the molecule is O=C1CCCC(O)CCCO1. The van der Waals surface area contributed by atoms with Gasteiger partial charge in [0.1, 0.15) is 0 Å². The maximum absolute atomic E-state index is 10.8. The first kappa shape index (κ1) is 8.53. The van der Waals surface area contributed by atoms with Crippen LogP contribution in [0, 0.1) is 0 Å². The minimum absolute atomic E-state index is 0.126. The van der Waals surface area contributed by atoms with Gasteiger partial charge in [-0.15, -0.1) is 0 Å². The molecule has 3 nitrogen and oxygen atoms in total. The van der Waals surface area contributed by atoms with E-state index in [2.05, 4.69) is 0 Å². The Hall–Kier alpha value is -0.570. The zero-order valence-electron chi connectivity index (χ0n) is 6.58. The lowest BCUT2D eigenvalue weighted by atomic mass is 10.1. The summed E-state index contributed by atoms with van der Waals surface area (Å²) in [5.74, 6) is -0.126. The lowest BCUT2D eigenvalue weighted by Gasteiger charge is -2.05. The Balaban J connectivity index is 2.29. The van der Waals surface area contributed by atoms with E-state index in [1.165, 1.54) is 0 Å². The van der Waals surface area contributed by atoms with Crippen molar-refractivity contribution < 1.29 is 14.6 Å². The third-order valence-corrected chi connectivity index (χ3v) is 1.86. The van der Waals surface area contributed by atoms with Gasteiger partial charge in [-0.3, -0.25) is 4.79 Å². The summed E-state index contributed by atoms with van der Waals surface area (Å²) in [5, 5.41) is 9.26. The Morgan fingerprint density at radius 2 is 2.09 bits per heavy atom. The Kier molecular flexibility index (Phi) is 3.36. The molecule has 0 aromatic rings. The molecule has 1 N–H and O–H groups in total. The molecular formula is C8H14O3. The number of ether oxygens (including phenoxy) is 1. The number of esters is 1. The third-order valence-electron chi connectivity index (χ3n) is 1.86. The first-order chi connectivity index (χ1) is 5.29. The second kappa shape index (κ2) is 4.34. The van der Waals surface area contributed by atoms with Gasteiger partial charge in [0.05, 0.1) is 12.7 Å². The first-order valence-corrected chi connectivity index (χ1v) is 4.13. The maximum atomic E-state index is 10.8. The van der Waals surface area contributed by atoms with Crippen molar-refractivity contribution in [2.75, 3.05) is 6.61 Å². The first-order valence-electron chi connectivity index (χ1n) is 4.13. The summed E-state index contributed by atoms with van der Waals surface area (Å²) >= 11 is 0. The molecule has 1 saturated heterocycles. The largest absolute Gasteiger partial charge is 0.466 e. The highest BCUT2D eigenvalue weighted by molar-refractivity contribution is 5.69.